The van der Waals surface area contributed by atoms with Crippen molar-refractivity contribution in [3.63, 3.8) is 0 Å². The highest BCUT2D eigenvalue weighted by Crippen LogP contribution is 2.30. The van der Waals surface area contributed by atoms with Crippen LogP contribution >= 0.6 is 23.1 Å². The van der Waals surface area contributed by atoms with E-state index in [1.807, 2.05) is 66.7 Å². The number of carbonyl (C=O) groups excluding carboxylic acids is 1. The lowest BCUT2D eigenvalue weighted by Gasteiger charge is -2.15. The molecule has 6 rings (SSSR count). The van der Waals surface area contributed by atoms with Crippen molar-refractivity contribution in [3.05, 3.63) is 137 Å². The predicted molar refractivity (Wildman–Crippen MR) is 215 cm³/mol. The van der Waals surface area contributed by atoms with Crippen LogP contribution in [0.1, 0.15) is 68.9 Å². The predicted octanol–water partition coefficient (Wildman–Crippen LogP) is 9.40. The van der Waals surface area contributed by atoms with Gasteiger partial charge in [0.2, 0.25) is 0 Å². The van der Waals surface area contributed by atoms with Gasteiger partial charge in [-0.1, -0.05) is 90.6 Å². The smallest absolute Gasteiger partial charge is 0.344 e. The van der Waals surface area contributed by atoms with E-state index in [1.165, 1.54) is 42.8 Å². The summed E-state index contributed by atoms with van der Waals surface area (Å²) in [7, 11) is 0. The number of hydrogen-bond donors (Lipinski definition) is 4. The zero-order valence-electron chi connectivity index (χ0n) is 29.7. The minimum atomic E-state index is -1.07. The number of thiazole rings is 1. The maximum atomic E-state index is 11.8. The van der Waals surface area contributed by atoms with Gasteiger partial charge in [-0.25, -0.2) is 19.4 Å². The molecule has 0 radical (unpaired) electrons. The lowest BCUT2D eigenvalue weighted by Crippen LogP contribution is -2.23. The third kappa shape index (κ3) is 12.7. The first kappa shape index (κ1) is 41.4. The Hall–Kier alpha value is -6.31. The van der Waals surface area contributed by atoms with Crippen molar-refractivity contribution in [3.8, 4) is 5.75 Å². The van der Waals surface area contributed by atoms with Crippen LogP contribution in [0.3, 0.4) is 0 Å². The van der Waals surface area contributed by atoms with Gasteiger partial charge in [-0.15, -0.1) is 11.3 Å². The van der Waals surface area contributed by atoms with Crippen LogP contribution in [-0.4, -0.2) is 66.9 Å². The van der Waals surface area contributed by atoms with Gasteiger partial charge in [0.25, 0.3) is 0 Å². The number of benzene rings is 5. The van der Waals surface area contributed by atoms with Gasteiger partial charge in [0.05, 0.1) is 26.9 Å². The Labute approximate surface area is 324 Å². The van der Waals surface area contributed by atoms with Crippen molar-refractivity contribution in [2.24, 2.45) is 0 Å². The minimum absolute atomic E-state index is 0.149. The Balaban J connectivity index is 0.000000185. The van der Waals surface area contributed by atoms with E-state index in [9.17, 15) is 24.0 Å². The van der Waals surface area contributed by atoms with E-state index in [2.05, 4.69) is 4.98 Å². The molecular formula is C42H37NO10S2. The zero-order valence-corrected chi connectivity index (χ0v) is 31.4. The molecule has 1 unspecified atom stereocenters. The lowest BCUT2D eigenvalue weighted by molar-refractivity contribution is -0.144. The summed E-state index contributed by atoms with van der Waals surface area (Å²) in [5.41, 5.74) is 3.68. The van der Waals surface area contributed by atoms with Crippen molar-refractivity contribution in [2.45, 2.75) is 37.1 Å². The number of hydrogen-bond acceptors (Lipinski definition) is 9. The summed E-state index contributed by atoms with van der Waals surface area (Å²) in [4.78, 5) is 58.9. The van der Waals surface area contributed by atoms with Crippen LogP contribution in [0.5, 0.6) is 5.75 Å². The minimum Gasteiger partial charge on any atom is -0.481 e. The number of aromatic carboxylic acids is 2. The van der Waals surface area contributed by atoms with Crippen LogP contribution in [-0.2, 0) is 9.59 Å². The number of para-hydroxylation sites is 1. The molecule has 0 aliphatic carbocycles. The van der Waals surface area contributed by atoms with E-state index >= 15 is 0 Å². The van der Waals surface area contributed by atoms with Crippen LogP contribution in [0.2, 0.25) is 0 Å². The van der Waals surface area contributed by atoms with Crippen LogP contribution < -0.4 is 4.74 Å². The first-order valence-electron chi connectivity index (χ1n) is 16.8. The number of carboxylic acids is 4. The fraction of sp³-hybridized carbons (Fsp3) is 0.143. The Kier molecular flexibility index (Phi) is 15.2. The third-order valence-corrected chi connectivity index (χ3v) is 9.98. The molecule has 0 saturated heterocycles. The summed E-state index contributed by atoms with van der Waals surface area (Å²) in [5.74, 6) is -2.74. The largest absolute Gasteiger partial charge is 0.481 e. The van der Waals surface area contributed by atoms with Crippen LogP contribution in [0.4, 0.5) is 0 Å². The Morgan fingerprint density at radius 3 is 1.84 bits per heavy atom. The number of Topliss-reactive ketones (excluding diaryl/α,β-unsaturated/α-hetero) is 1. The van der Waals surface area contributed by atoms with Gasteiger partial charge in [-0.05, 0) is 84.6 Å². The van der Waals surface area contributed by atoms with Gasteiger partial charge < -0.3 is 25.2 Å². The summed E-state index contributed by atoms with van der Waals surface area (Å²) >= 11 is 3.29. The SMILES string of the molecule is CC(=O)c1c(OC(C)C(=O)O)ccc2ccccc12.O=C(O)CCCSc1nc2ccccc2s1.O=C(O)c1ccc(C=Cc2ccc(C(=O)O)cc2)cc1. The molecule has 0 spiro atoms. The zero-order chi connectivity index (χ0) is 39.9. The third-order valence-electron chi connectivity index (χ3n) is 7.71. The van der Waals surface area contributed by atoms with Gasteiger partial charge in [0, 0.05) is 12.2 Å². The van der Waals surface area contributed by atoms with Gasteiger partial charge in [0.1, 0.15) is 5.75 Å². The fourth-order valence-electron chi connectivity index (χ4n) is 4.92. The number of rotatable bonds is 13. The number of fused-ring (bicyclic) bond motifs is 2. The van der Waals surface area contributed by atoms with Gasteiger partial charge in [0.15, 0.2) is 16.2 Å². The molecule has 0 aliphatic heterocycles. The van der Waals surface area contributed by atoms with Crippen LogP contribution in [0.15, 0.2) is 114 Å². The van der Waals surface area contributed by atoms with E-state index < -0.39 is 30.0 Å². The molecule has 1 heterocycles. The summed E-state index contributed by atoms with van der Waals surface area (Å²) < 4.78 is 7.56. The highest BCUT2D eigenvalue weighted by molar-refractivity contribution is 8.01. The molecule has 13 heteroatoms. The fourth-order valence-corrected chi connectivity index (χ4v) is 6.99. The van der Waals surface area contributed by atoms with E-state index in [1.54, 1.807) is 53.4 Å². The van der Waals surface area contributed by atoms with E-state index in [4.69, 9.17) is 25.2 Å². The van der Waals surface area contributed by atoms with Gasteiger partial charge in [-0.2, -0.15) is 0 Å². The standard InChI is InChI=1S/C16H12O4.C15H14O4.C11H11NO2S2/c17-15(18)13-7-3-11(4-8-13)1-2-12-5-9-14(10-6-12)16(19)20;1-9(16)14-12-6-4-3-5-11(12)7-8-13(14)19-10(2)15(17)18;13-10(14)6-3-7-15-11-12-8-4-1-2-5-9(8)16-11/h1-10H,(H,17,18)(H,19,20);3-8,10H,1-2H3,(H,17,18);1-2,4-5H,3,6-7H2,(H,13,14). The maximum absolute atomic E-state index is 11.8. The van der Waals surface area contributed by atoms with Gasteiger partial charge in [-0.3, -0.25) is 9.59 Å². The molecule has 0 saturated carbocycles. The van der Waals surface area contributed by atoms with Gasteiger partial charge >= 0.3 is 23.9 Å². The summed E-state index contributed by atoms with van der Waals surface area (Å²) in [6.07, 6.45) is 3.59. The topological polar surface area (TPSA) is 188 Å². The second-order valence-electron chi connectivity index (χ2n) is 11.8. The highest BCUT2D eigenvalue weighted by Gasteiger charge is 2.18. The Bertz CT molecular complexity index is 2220. The molecule has 1 aromatic heterocycles. The number of carbonyl (C=O) groups is 5. The number of aromatic nitrogens is 1. The molecule has 4 N–H and O–H groups in total. The molecule has 6 aromatic rings. The van der Waals surface area contributed by atoms with Crippen molar-refractivity contribution >= 4 is 85.9 Å². The number of thioether (sulfide) groups is 1. The Morgan fingerprint density at radius 2 is 1.31 bits per heavy atom. The summed E-state index contributed by atoms with van der Waals surface area (Å²) in [6, 6.07) is 31.9. The van der Waals surface area contributed by atoms with Crippen LogP contribution in [0.25, 0.3) is 33.1 Å². The molecular weight excluding hydrogens is 743 g/mol. The normalized spacial score (nSPS) is 11.2. The first-order valence-corrected chi connectivity index (χ1v) is 18.6. The molecule has 1 atom stereocenters. The first-order chi connectivity index (χ1) is 26.3. The number of ether oxygens (including phenoxy) is 1. The second kappa shape index (κ2) is 20.2. The van der Waals surface area contributed by atoms with Crippen molar-refractivity contribution in [1.82, 2.24) is 4.98 Å². The maximum Gasteiger partial charge on any atom is 0.344 e. The quantitative estimate of drug-likeness (QED) is 0.0377. The van der Waals surface area contributed by atoms with E-state index in [0.29, 0.717) is 17.7 Å². The highest BCUT2D eigenvalue weighted by atomic mass is 32.2. The molecule has 282 valence electrons. The van der Waals surface area contributed by atoms with Crippen molar-refractivity contribution in [2.75, 3.05) is 5.75 Å². The summed E-state index contributed by atoms with van der Waals surface area (Å²) in [5, 5.41) is 36.6. The van der Waals surface area contributed by atoms with Crippen molar-refractivity contribution in [1.29, 1.82) is 0 Å². The number of aliphatic carboxylic acids is 2. The molecule has 55 heavy (non-hydrogen) atoms. The number of ketones is 1. The summed E-state index contributed by atoms with van der Waals surface area (Å²) in [6.45, 7) is 2.88. The molecule has 0 amide bonds. The number of nitrogens with zero attached hydrogens (tertiary/aromatic N) is 1. The molecule has 0 aliphatic rings. The molecule has 0 bridgehead atoms. The monoisotopic (exact) mass is 779 g/mol. The Morgan fingerprint density at radius 1 is 0.745 bits per heavy atom. The molecule has 0 fully saturated rings. The van der Waals surface area contributed by atoms with Crippen molar-refractivity contribution < 1.29 is 49.1 Å². The van der Waals surface area contributed by atoms with E-state index in [0.717, 1.165) is 37.5 Å². The molecule has 5 aromatic carbocycles. The second-order valence-corrected chi connectivity index (χ2v) is 14.2. The average Bonchev–Trinajstić information content (AvgIpc) is 3.59. The average molecular weight is 780 g/mol. The van der Waals surface area contributed by atoms with Crippen LogP contribution in [0, 0.1) is 0 Å². The van der Waals surface area contributed by atoms with E-state index in [-0.39, 0.29) is 23.3 Å². The number of carboxylic acid groups (broad SMARTS) is 4. The molecule has 11 nitrogen and oxygen atoms in total. The lowest BCUT2D eigenvalue weighted by atomic mass is 10.0.